The van der Waals surface area contributed by atoms with Crippen molar-refractivity contribution >= 4 is 23.5 Å². The number of nitrogens with one attached hydrogen (secondary N) is 1. The Labute approximate surface area is 147 Å². The van der Waals surface area contributed by atoms with E-state index in [1.165, 1.54) is 11.8 Å². The van der Waals surface area contributed by atoms with E-state index in [2.05, 4.69) is 5.32 Å². The Balaban J connectivity index is 2.04. The first-order valence-electron chi connectivity index (χ1n) is 8.21. The van der Waals surface area contributed by atoms with Crippen LogP contribution in [0.15, 0.2) is 24.3 Å². The van der Waals surface area contributed by atoms with Crippen molar-refractivity contribution in [3.63, 3.8) is 0 Å². The highest BCUT2D eigenvalue weighted by Crippen LogP contribution is 2.30. The summed E-state index contributed by atoms with van der Waals surface area (Å²) < 4.78 is 10.7. The van der Waals surface area contributed by atoms with Crippen molar-refractivity contribution < 1.29 is 23.9 Å². The number of benzene rings is 1. The summed E-state index contributed by atoms with van der Waals surface area (Å²) in [6.45, 7) is 7.00. The molecule has 0 radical (unpaired) electrons. The number of amides is 2. The molecule has 1 atom stereocenters. The van der Waals surface area contributed by atoms with Gasteiger partial charge in [-0.25, -0.2) is 0 Å². The molecule has 7 heteroatoms. The molecule has 0 aromatic heterocycles. The third-order valence-electron chi connectivity index (χ3n) is 3.49. The minimum atomic E-state index is -0.944. The zero-order chi connectivity index (χ0) is 18.6. The Morgan fingerprint density at radius 2 is 2.00 bits per heavy atom. The normalized spacial score (nSPS) is 15.5. The van der Waals surface area contributed by atoms with Gasteiger partial charge in [0.25, 0.3) is 5.91 Å². The Hall–Kier alpha value is -2.57. The minimum absolute atomic E-state index is 0.169. The van der Waals surface area contributed by atoms with Crippen molar-refractivity contribution in [2.24, 2.45) is 0 Å². The van der Waals surface area contributed by atoms with Gasteiger partial charge in [-0.15, -0.1) is 0 Å². The molecule has 0 saturated carbocycles. The van der Waals surface area contributed by atoms with Gasteiger partial charge in [-0.3, -0.25) is 19.3 Å². The smallest absolute Gasteiger partial charge is 0.326 e. The van der Waals surface area contributed by atoms with Crippen LogP contribution in [0.1, 0.15) is 34.1 Å². The van der Waals surface area contributed by atoms with Crippen LogP contribution in [0.2, 0.25) is 0 Å². The van der Waals surface area contributed by atoms with E-state index in [-0.39, 0.29) is 31.4 Å². The SMILES string of the molecule is C[C@@H](OC(=O)CN1C(=O)CCOc2ccccc21)C(=O)NC(C)(C)C. The van der Waals surface area contributed by atoms with Gasteiger partial charge in [0.05, 0.1) is 18.7 Å². The van der Waals surface area contributed by atoms with Gasteiger partial charge in [0.15, 0.2) is 6.10 Å². The largest absolute Gasteiger partial charge is 0.491 e. The molecule has 1 aliphatic rings. The highest BCUT2D eigenvalue weighted by molar-refractivity contribution is 5.99. The molecule has 7 nitrogen and oxygen atoms in total. The van der Waals surface area contributed by atoms with Crippen LogP contribution in [0.25, 0.3) is 0 Å². The van der Waals surface area contributed by atoms with Crippen LogP contribution in [-0.2, 0) is 19.1 Å². The lowest BCUT2D eigenvalue weighted by Gasteiger charge is -2.24. The van der Waals surface area contributed by atoms with Crippen LogP contribution in [-0.4, -0.2) is 42.6 Å². The molecule has 0 bridgehead atoms. The number of ether oxygens (including phenoxy) is 2. The van der Waals surface area contributed by atoms with Crippen molar-refractivity contribution in [3.8, 4) is 5.75 Å². The van der Waals surface area contributed by atoms with Gasteiger partial charge in [0.2, 0.25) is 5.91 Å². The third-order valence-corrected chi connectivity index (χ3v) is 3.49. The van der Waals surface area contributed by atoms with Crippen molar-refractivity contribution in [3.05, 3.63) is 24.3 Å². The number of hydrogen-bond acceptors (Lipinski definition) is 5. The molecule has 2 amide bonds. The number of carbonyl (C=O) groups excluding carboxylic acids is 3. The summed E-state index contributed by atoms with van der Waals surface area (Å²) in [5, 5.41) is 2.75. The molecule has 1 N–H and O–H groups in total. The Bertz CT molecular complexity index is 666. The highest BCUT2D eigenvalue weighted by Gasteiger charge is 2.28. The zero-order valence-electron chi connectivity index (χ0n) is 15.0. The topological polar surface area (TPSA) is 84.9 Å². The van der Waals surface area contributed by atoms with E-state index < -0.39 is 17.6 Å². The second-order valence-electron chi connectivity index (χ2n) is 6.92. The van der Waals surface area contributed by atoms with Gasteiger partial charge in [-0.05, 0) is 39.8 Å². The molecule has 0 aliphatic carbocycles. The first-order valence-corrected chi connectivity index (χ1v) is 8.21. The average molecular weight is 348 g/mol. The molecule has 0 saturated heterocycles. The maximum atomic E-state index is 12.3. The van der Waals surface area contributed by atoms with Crippen molar-refractivity contribution in [1.29, 1.82) is 0 Å². The zero-order valence-corrected chi connectivity index (χ0v) is 15.0. The first kappa shape index (κ1) is 18.8. The predicted molar refractivity (Wildman–Crippen MR) is 92.4 cm³/mol. The molecule has 136 valence electrons. The summed E-state index contributed by atoms with van der Waals surface area (Å²) in [6.07, 6.45) is -0.775. The number of para-hydroxylation sites is 2. The number of carbonyl (C=O) groups is 3. The van der Waals surface area contributed by atoms with Gasteiger partial charge in [-0.2, -0.15) is 0 Å². The number of fused-ring (bicyclic) bond motifs is 1. The Morgan fingerprint density at radius 1 is 1.32 bits per heavy atom. The average Bonchev–Trinajstić information content (AvgIpc) is 2.65. The van der Waals surface area contributed by atoms with Gasteiger partial charge in [0, 0.05) is 5.54 Å². The van der Waals surface area contributed by atoms with E-state index in [1.54, 1.807) is 24.3 Å². The van der Waals surface area contributed by atoms with Crippen molar-refractivity contribution in [1.82, 2.24) is 5.32 Å². The summed E-state index contributed by atoms with van der Waals surface area (Å²) in [6, 6.07) is 7.01. The maximum absolute atomic E-state index is 12.3. The number of rotatable bonds is 4. The summed E-state index contributed by atoms with van der Waals surface area (Å²) in [5.41, 5.74) is 0.100. The standard InChI is InChI=1S/C18H24N2O5/c1-12(17(23)19-18(2,3)4)25-16(22)11-20-13-7-5-6-8-14(13)24-10-9-15(20)21/h5-8,12H,9-11H2,1-4H3,(H,19,23)/t12-/m1/s1. The Morgan fingerprint density at radius 3 is 2.68 bits per heavy atom. The van der Waals surface area contributed by atoms with Crippen LogP contribution in [0, 0.1) is 0 Å². The molecular weight excluding hydrogens is 324 g/mol. The van der Waals surface area contributed by atoms with Crippen LogP contribution in [0.3, 0.4) is 0 Å². The fourth-order valence-electron chi connectivity index (χ4n) is 2.38. The fourth-order valence-corrected chi connectivity index (χ4v) is 2.38. The molecule has 25 heavy (non-hydrogen) atoms. The van der Waals surface area contributed by atoms with Crippen LogP contribution in [0.4, 0.5) is 5.69 Å². The van der Waals surface area contributed by atoms with E-state index in [0.29, 0.717) is 11.4 Å². The van der Waals surface area contributed by atoms with E-state index in [4.69, 9.17) is 9.47 Å². The van der Waals surface area contributed by atoms with Gasteiger partial charge < -0.3 is 14.8 Å². The predicted octanol–water partition coefficient (Wildman–Crippen LogP) is 1.65. The fraction of sp³-hybridized carbons (Fsp3) is 0.500. The quantitative estimate of drug-likeness (QED) is 0.836. The lowest BCUT2D eigenvalue weighted by molar-refractivity contribution is -0.154. The maximum Gasteiger partial charge on any atom is 0.326 e. The van der Waals surface area contributed by atoms with Crippen LogP contribution in [0.5, 0.6) is 5.75 Å². The number of anilines is 1. The van der Waals surface area contributed by atoms with Crippen molar-refractivity contribution in [2.45, 2.75) is 45.8 Å². The van der Waals surface area contributed by atoms with Crippen molar-refractivity contribution in [2.75, 3.05) is 18.1 Å². The second-order valence-corrected chi connectivity index (χ2v) is 6.92. The summed E-state index contributed by atoms with van der Waals surface area (Å²) in [7, 11) is 0. The molecular formula is C18H24N2O5. The summed E-state index contributed by atoms with van der Waals surface area (Å²) in [5.74, 6) is -0.721. The third kappa shape index (κ3) is 5.20. The lowest BCUT2D eigenvalue weighted by Crippen LogP contribution is -2.47. The molecule has 0 fully saturated rings. The molecule has 1 aromatic carbocycles. The molecule has 1 aromatic rings. The highest BCUT2D eigenvalue weighted by atomic mass is 16.5. The number of nitrogens with zero attached hydrogens (tertiary/aromatic N) is 1. The number of esters is 1. The molecule has 0 spiro atoms. The molecule has 2 rings (SSSR count). The minimum Gasteiger partial charge on any atom is -0.491 e. The van der Waals surface area contributed by atoms with Gasteiger partial charge in [0.1, 0.15) is 12.3 Å². The monoisotopic (exact) mass is 348 g/mol. The van der Waals surface area contributed by atoms with Crippen LogP contribution < -0.4 is 15.0 Å². The molecule has 1 aliphatic heterocycles. The van der Waals surface area contributed by atoms with Gasteiger partial charge in [-0.1, -0.05) is 12.1 Å². The first-order chi connectivity index (χ1) is 11.7. The lowest BCUT2D eigenvalue weighted by atomic mass is 10.1. The van der Waals surface area contributed by atoms with Crippen LogP contribution >= 0.6 is 0 Å². The van der Waals surface area contributed by atoms with Gasteiger partial charge >= 0.3 is 5.97 Å². The summed E-state index contributed by atoms with van der Waals surface area (Å²) >= 11 is 0. The summed E-state index contributed by atoms with van der Waals surface area (Å²) in [4.78, 5) is 37.8. The van der Waals surface area contributed by atoms with E-state index in [9.17, 15) is 14.4 Å². The second kappa shape index (κ2) is 7.55. The molecule has 1 heterocycles. The van der Waals surface area contributed by atoms with E-state index in [1.807, 2.05) is 20.8 Å². The Kier molecular flexibility index (Phi) is 5.66. The van der Waals surface area contributed by atoms with E-state index in [0.717, 1.165) is 0 Å². The van der Waals surface area contributed by atoms with E-state index >= 15 is 0 Å². The number of hydrogen-bond donors (Lipinski definition) is 1. The molecule has 0 unspecified atom stereocenters.